The summed E-state index contributed by atoms with van der Waals surface area (Å²) in [5.41, 5.74) is 4.15. The summed E-state index contributed by atoms with van der Waals surface area (Å²) in [6.07, 6.45) is 0. The minimum atomic E-state index is -0.723. The number of hydrogen-bond donors (Lipinski definition) is 1. The minimum absolute atomic E-state index is 0.186. The number of nitrogens with zero attached hydrogens (tertiary/aromatic N) is 1. The molecule has 0 spiro atoms. The van der Waals surface area contributed by atoms with Crippen LogP contribution in [0.2, 0.25) is 0 Å². The first-order valence-electron chi connectivity index (χ1n) is 12.6. The number of anilines is 2. The van der Waals surface area contributed by atoms with Crippen molar-refractivity contribution >= 4 is 23.2 Å². The highest BCUT2D eigenvalue weighted by Gasteiger charge is 2.45. The molecule has 2 unspecified atom stereocenters. The zero-order valence-corrected chi connectivity index (χ0v) is 22.3. The number of nitrogens with one attached hydrogen (secondary N) is 1. The fraction of sp³-hybridized carbons (Fsp3) is 0.188. The molecule has 1 N–H and O–H groups in total. The van der Waals surface area contributed by atoms with E-state index in [9.17, 15) is 9.59 Å². The number of rotatable bonds is 7. The van der Waals surface area contributed by atoms with E-state index < -0.39 is 12.0 Å². The van der Waals surface area contributed by atoms with Crippen LogP contribution < -0.4 is 24.4 Å². The monoisotopic (exact) mass is 522 g/mol. The molecule has 0 aliphatic carbocycles. The molecule has 4 aromatic carbocycles. The maximum absolute atomic E-state index is 14.3. The zero-order chi connectivity index (χ0) is 27.5. The fourth-order valence-electron chi connectivity index (χ4n) is 5.12. The Morgan fingerprint density at radius 1 is 0.795 bits per heavy atom. The summed E-state index contributed by atoms with van der Waals surface area (Å²) in [5.74, 6) is 0.752. The van der Waals surface area contributed by atoms with E-state index in [0.717, 1.165) is 11.1 Å². The molecule has 7 nitrogen and oxygen atoms in total. The normalized spacial score (nSPS) is 16.3. The lowest BCUT2D eigenvalue weighted by Gasteiger charge is -2.42. The van der Waals surface area contributed by atoms with Gasteiger partial charge in [0, 0.05) is 11.3 Å². The Balaban J connectivity index is 1.69. The van der Waals surface area contributed by atoms with E-state index in [-0.39, 0.29) is 11.8 Å². The van der Waals surface area contributed by atoms with Gasteiger partial charge >= 0.3 is 0 Å². The van der Waals surface area contributed by atoms with Crippen molar-refractivity contribution in [2.24, 2.45) is 0 Å². The molecule has 7 heteroatoms. The molecule has 1 aliphatic rings. The summed E-state index contributed by atoms with van der Waals surface area (Å²) in [6, 6.07) is 27.0. The van der Waals surface area contributed by atoms with Crippen LogP contribution in [0.4, 0.5) is 11.4 Å². The first kappa shape index (κ1) is 25.9. The predicted molar refractivity (Wildman–Crippen MR) is 151 cm³/mol. The summed E-state index contributed by atoms with van der Waals surface area (Å²) in [5, 5.41) is 3.09. The molecule has 198 valence electrons. The second-order valence-corrected chi connectivity index (χ2v) is 9.35. The third-order valence-electron chi connectivity index (χ3n) is 7.04. The number of fused-ring (bicyclic) bond motifs is 1. The summed E-state index contributed by atoms with van der Waals surface area (Å²) in [4.78, 5) is 30.0. The van der Waals surface area contributed by atoms with Crippen LogP contribution in [-0.4, -0.2) is 33.1 Å². The van der Waals surface area contributed by atoms with E-state index in [1.54, 1.807) is 44.4 Å². The molecule has 0 saturated heterocycles. The van der Waals surface area contributed by atoms with Gasteiger partial charge in [0.05, 0.1) is 39.0 Å². The Hall–Kier alpha value is -4.78. The second-order valence-electron chi connectivity index (χ2n) is 9.35. The van der Waals surface area contributed by atoms with Gasteiger partial charge in [0.1, 0.15) is 17.2 Å². The second kappa shape index (κ2) is 10.9. The fourth-order valence-corrected chi connectivity index (χ4v) is 5.12. The minimum Gasteiger partial charge on any atom is -0.497 e. The smallest absolute Gasteiger partial charge is 0.259 e. The highest BCUT2D eigenvalue weighted by molar-refractivity contribution is 6.12. The maximum atomic E-state index is 14.3. The van der Waals surface area contributed by atoms with Crippen molar-refractivity contribution in [3.63, 3.8) is 0 Å². The number of hydrogen-bond acceptors (Lipinski definition) is 5. The quantitative estimate of drug-likeness (QED) is 0.315. The van der Waals surface area contributed by atoms with Crippen molar-refractivity contribution in [1.29, 1.82) is 0 Å². The highest BCUT2D eigenvalue weighted by atomic mass is 16.5. The molecule has 0 saturated carbocycles. The van der Waals surface area contributed by atoms with Crippen molar-refractivity contribution in [3.8, 4) is 17.2 Å². The lowest BCUT2D eigenvalue weighted by molar-refractivity contribution is -0.118. The van der Waals surface area contributed by atoms with Crippen molar-refractivity contribution < 1.29 is 23.8 Å². The van der Waals surface area contributed by atoms with Crippen molar-refractivity contribution in [2.75, 3.05) is 31.5 Å². The molecule has 0 bridgehead atoms. The van der Waals surface area contributed by atoms with Gasteiger partial charge in [-0.2, -0.15) is 0 Å². The van der Waals surface area contributed by atoms with Gasteiger partial charge in [-0.15, -0.1) is 0 Å². The van der Waals surface area contributed by atoms with Crippen LogP contribution in [0.15, 0.2) is 91.0 Å². The molecule has 5 rings (SSSR count). The Kier molecular flexibility index (Phi) is 7.23. The van der Waals surface area contributed by atoms with Gasteiger partial charge in [-0.3, -0.25) is 14.5 Å². The Bertz CT molecular complexity index is 1500. The van der Waals surface area contributed by atoms with Crippen LogP contribution >= 0.6 is 0 Å². The van der Waals surface area contributed by atoms with E-state index in [4.69, 9.17) is 14.2 Å². The van der Waals surface area contributed by atoms with Crippen LogP contribution in [0.3, 0.4) is 0 Å². The third kappa shape index (κ3) is 4.91. The van der Waals surface area contributed by atoms with Gasteiger partial charge in [-0.05, 0) is 78.2 Å². The Morgan fingerprint density at radius 2 is 1.44 bits per heavy atom. The molecule has 0 fully saturated rings. The van der Waals surface area contributed by atoms with E-state index in [0.29, 0.717) is 39.8 Å². The molecule has 2 amide bonds. The number of amides is 2. The topological polar surface area (TPSA) is 77.1 Å². The van der Waals surface area contributed by atoms with Crippen molar-refractivity contribution in [3.05, 3.63) is 113 Å². The molecule has 39 heavy (non-hydrogen) atoms. The van der Waals surface area contributed by atoms with Crippen LogP contribution in [0.5, 0.6) is 17.2 Å². The van der Waals surface area contributed by atoms with E-state index in [2.05, 4.69) is 5.32 Å². The summed E-state index contributed by atoms with van der Waals surface area (Å²) < 4.78 is 16.2. The van der Waals surface area contributed by atoms with Gasteiger partial charge in [0.25, 0.3) is 5.91 Å². The maximum Gasteiger partial charge on any atom is 0.259 e. The van der Waals surface area contributed by atoms with Gasteiger partial charge < -0.3 is 19.5 Å². The van der Waals surface area contributed by atoms with Crippen molar-refractivity contribution in [2.45, 2.75) is 18.9 Å². The molecular weight excluding hydrogens is 492 g/mol. The molecule has 0 aromatic heterocycles. The Morgan fingerprint density at radius 3 is 2.08 bits per heavy atom. The molecule has 1 heterocycles. The molecule has 1 aliphatic heterocycles. The van der Waals surface area contributed by atoms with E-state index in [1.165, 1.54) is 0 Å². The number of carbonyl (C=O) groups excluding carboxylic acids is 2. The average Bonchev–Trinajstić information content (AvgIpc) is 2.97. The van der Waals surface area contributed by atoms with E-state index in [1.807, 2.05) is 79.7 Å². The van der Waals surface area contributed by atoms with Gasteiger partial charge in [0.2, 0.25) is 5.91 Å². The van der Waals surface area contributed by atoms with Crippen LogP contribution in [0.1, 0.15) is 39.0 Å². The number of benzene rings is 4. The third-order valence-corrected chi connectivity index (χ3v) is 7.04. The molecule has 2 atom stereocenters. The first-order valence-corrected chi connectivity index (χ1v) is 12.6. The highest BCUT2D eigenvalue weighted by Crippen LogP contribution is 2.46. The number of methoxy groups -OCH3 is 3. The summed E-state index contributed by atoms with van der Waals surface area (Å²) >= 11 is 0. The van der Waals surface area contributed by atoms with Crippen LogP contribution in [0.25, 0.3) is 0 Å². The Labute approximate surface area is 227 Å². The number of carbonyl (C=O) groups is 2. The summed E-state index contributed by atoms with van der Waals surface area (Å²) in [7, 11) is 4.77. The zero-order valence-electron chi connectivity index (χ0n) is 22.3. The number of ether oxygens (including phenoxy) is 3. The van der Waals surface area contributed by atoms with Gasteiger partial charge in [-0.25, -0.2) is 0 Å². The lowest BCUT2D eigenvalue weighted by atomic mass is 9.78. The van der Waals surface area contributed by atoms with Crippen LogP contribution in [-0.2, 0) is 4.79 Å². The lowest BCUT2D eigenvalue weighted by Crippen LogP contribution is -2.46. The summed E-state index contributed by atoms with van der Waals surface area (Å²) in [6.45, 7) is 1.95. The van der Waals surface area contributed by atoms with Gasteiger partial charge in [-0.1, -0.05) is 36.4 Å². The standard InChI is InChI=1S/C32H30N2O5/c1-20-9-18-28(39-4)27(19-20)33-31(35)29-25-7-5-6-8-26(25)32(36)34(22-12-16-24(38-3)17-13-22)30(29)21-10-14-23(37-2)15-11-21/h5-19,29-30H,1-4H3,(H,33,35). The van der Waals surface area contributed by atoms with Crippen LogP contribution in [0, 0.1) is 6.92 Å². The largest absolute Gasteiger partial charge is 0.497 e. The first-order chi connectivity index (χ1) is 18.9. The molecule has 4 aromatic rings. The SMILES string of the molecule is COc1ccc(C2C(C(=O)Nc3cc(C)ccc3OC)c3ccccc3C(=O)N2c2ccc(OC)cc2)cc1. The van der Waals surface area contributed by atoms with Gasteiger partial charge in [0.15, 0.2) is 0 Å². The number of aryl methyl sites for hydroxylation is 1. The average molecular weight is 523 g/mol. The predicted octanol–water partition coefficient (Wildman–Crippen LogP) is 6.14. The van der Waals surface area contributed by atoms with Crippen molar-refractivity contribution in [1.82, 2.24) is 0 Å². The molecule has 0 radical (unpaired) electrons. The van der Waals surface area contributed by atoms with E-state index >= 15 is 0 Å². The molecular formula is C32H30N2O5.